The smallest absolute Gasteiger partial charge is 0.408 e. The molecule has 3 aromatic rings. The Kier molecular flexibility index (Phi) is 3.34. The van der Waals surface area contributed by atoms with E-state index >= 15 is 0 Å². The number of halogens is 1. The first-order valence-corrected chi connectivity index (χ1v) is 8.13. The molecule has 0 radical (unpaired) electrons. The molecule has 2 aromatic carbocycles. The molecule has 2 N–H and O–H groups in total. The second-order valence-electron chi connectivity index (χ2n) is 4.28. The minimum atomic E-state index is -3.75. The Morgan fingerprint density at radius 2 is 1.81 bits per heavy atom. The lowest BCUT2D eigenvalue weighted by atomic mass is 10.3. The van der Waals surface area contributed by atoms with Gasteiger partial charge in [-0.15, -0.1) is 0 Å². The van der Waals surface area contributed by atoms with Gasteiger partial charge in [-0.2, -0.15) is 0 Å². The molecule has 0 aliphatic rings. The number of fused-ring (bicyclic) bond motifs is 1. The fraction of sp³-hybridized carbons (Fsp3) is 0. The molecule has 108 valence electrons. The fourth-order valence-electron chi connectivity index (χ4n) is 1.82. The molecule has 1 aromatic heterocycles. The largest absolute Gasteiger partial charge is 0.417 e. The van der Waals surface area contributed by atoms with E-state index in [-0.39, 0.29) is 10.5 Å². The van der Waals surface area contributed by atoms with Gasteiger partial charge in [0.15, 0.2) is 5.58 Å². The van der Waals surface area contributed by atoms with Crippen molar-refractivity contribution in [2.45, 2.75) is 4.90 Å². The molecule has 21 heavy (non-hydrogen) atoms. The quantitative estimate of drug-likeness (QED) is 0.743. The topological polar surface area (TPSA) is 92.2 Å². The predicted molar refractivity (Wildman–Crippen MR) is 81.8 cm³/mol. The monoisotopic (exact) mass is 368 g/mol. The first kappa shape index (κ1) is 13.9. The fourth-order valence-corrected chi connectivity index (χ4v) is 3.16. The molecule has 0 saturated heterocycles. The van der Waals surface area contributed by atoms with Gasteiger partial charge in [0.2, 0.25) is 0 Å². The maximum absolute atomic E-state index is 12.3. The summed E-state index contributed by atoms with van der Waals surface area (Å²) >= 11 is 3.28. The van der Waals surface area contributed by atoms with Crippen molar-refractivity contribution in [1.29, 1.82) is 0 Å². The van der Waals surface area contributed by atoms with Crippen molar-refractivity contribution in [2.24, 2.45) is 0 Å². The number of sulfonamides is 1. The number of nitrogens with one attached hydrogen (secondary N) is 2. The number of oxazole rings is 1. The Morgan fingerprint density at radius 1 is 1.10 bits per heavy atom. The summed E-state index contributed by atoms with van der Waals surface area (Å²) < 4.78 is 32.7. The van der Waals surface area contributed by atoms with Crippen molar-refractivity contribution in [3.63, 3.8) is 0 Å². The van der Waals surface area contributed by atoms with E-state index in [2.05, 4.69) is 25.6 Å². The van der Waals surface area contributed by atoms with Crippen LogP contribution in [0.5, 0.6) is 0 Å². The number of aromatic nitrogens is 1. The standard InChI is InChI=1S/C13H9BrN2O4S/c14-8-1-3-9(4-2-8)16-21(18,19)10-5-6-11-12(7-10)20-13(17)15-11/h1-7,16H,(H,15,17). The van der Waals surface area contributed by atoms with Gasteiger partial charge in [0.1, 0.15) is 0 Å². The molecule has 0 bridgehead atoms. The Balaban J connectivity index is 1.99. The SMILES string of the molecule is O=c1[nH]c2ccc(S(=O)(=O)Nc3ccc(Br)cc3)cc2o1. The van der Waals surface area contributed by atoms with Crippen LogP contribution in [0.3, 0.4) is 0 Å². The number of anilines is 1. The zero-order valence-electron chi connectivity index (χ0n) is 10.5. The summed E-state index contributed by atoms with van der Waals surface area (Å²) in [6.45, 7) is 0. The molecule has 0 amide bonds. The molecule has 0 aliphatic carbocycles. The Labute approximate surface area is 128 Å². The summed E-state index contributed by atoms with van der Waals surface area (Å²) in [7, 11) is -3.75. The molecule has 0 aliphatic heterocycles. The van der Waals surface area contributed by atoms with Crippen LogP contribution in [0.15, 0.2) is 61.0 Å². The molecule has 8 heteroatoms. The van der Waals surface area contributed by atoms with Crippen molar-refractivity contribution in [2.75, 3.05) is 4.72 Å². The van der Waals surface area contributed by atoms with Crippen LogP contribution in [0.4, 0.5) is 5.69 Å². The molecular weight excluding hydrogens is 360 g/mol. The summed E-state index contributed by atoms with van der Waals surface area (Å²) in [5.74, 6) is -0.625. The first-order chi connectivity index (χ1) is 9.94. The van der Waals surface area contributed by atoms with E-state index in [0.717, 1.165) is 4.47 Å². The highest BCUT2D eigenvalue weighted by Crippen LogP contribution is 2.21. The maximum Gasteiger partial charge on any atom is 0.417 e. The lowest BCUT2D eigenvalue weighted by Crippen LogP contribution is -2.12. The van der Waals surface area contributed by atoms with Crippen molar-refractivity contribution >= 4 is 42.7 Å². The summed E-state index contributed by atoms with van der Waals surface area (Å²) in [5.41, 5.74) is 1.08. The molecule has 0 spiro atoms. The second-order valence-corrected chi connectivity index (χ2v) is 6.88. The summed E-state index contributed by atoms with van der Waals surface area (Å²) in [6, 6.07) is 10.9. The van der Waals surface area contributed by atoms with Crippen molar-refractivity contribution < 1.29 is 12.8 Å². The molecule has 0 fully saturated rings. The highest BCUT2D eigenvalue weighted by Gasteiger charge is 2.16. The van der Waals surface area contributed by atoms with Crippen molar-refractivity contribution in [1.82, 2.24) is 4.98 Å². The highest BCUT2D eigenvalue weighted by molar-refractivity contribution is 9.10. The summed E-state index contributed by atoms with van der Waals surface area (Å²) in [6.07, 6.45) is 0. The van der Waals surface area contributed by atoms with E-state index in [0.29, 0.717) is 11.2 Å². The predicted octanol–water partition coefficient (Wildman–Crippen LogP) is 2.68. The average Bonchev–Trinajstić information content (AvgIpc) is 2.80. The van der Waals surface area contributed by atoms with Gasteiger partial charge in [0.25, 0.3) is 10.0 Å². The third-order valence-corrected chi connectivity index (χ3v) is 4.71. The van der Waals surface area contributed by atoms with Gasteiger partial charge in [0, 0.05) is 16.2 Å². The van der Waals surface area contributed by atoms with Gasteiger partial charge < -0.3 is 4.42 Å². The number of hydrogen-bond donors (Lipinski definition) is 2. The van der Waals surface area contributed by atoms with Gasteiger partial charge in [-0.1, -0.05) is 15.9 Å². The van der Waals surface area contributed by atoms with Crippen molar-refractivity contribution in [3.8, 4) is 0 Å². The third-order valence-electron chi connectivity index (χ3n) is 2.80. The Morgan fingerprint density at radius 3 is 2.52 bits per heavy atom. The van der Waals surface area contributed by atoms with Crippen LogP contribution in [-0.4, -0.2) is 13.4 Å². The van der Waals surface area contributed by atoms with Gasteiger partial charge >= 0.3 is 5.76 Å². The van der Waals surface area contributed by atoms with E-state index in [1.807, 2.05) is 0 Å². The summed E-state index contributed by atoms with van der Waals surface area (Å²) in [4.78, 5) is 13.5. The molecule has 1 heterocycles. The van der Waals surface area contributed by atoms with E-state index in [1.165, 1.54) is 18.2 Å². The molecule has 0 atom stereocenters. The van der Waals surface area contributed by atoms with E-state index in [1.54, 1.807) is 24.3 Å². The van der Waals surface area contributed by atoms with Crippen LogP contribution >= 0.6 is 15.9 Å². The van der Waals surface area contributed by atoms with E-state index in [4.69, 9.17) is 4.42 Å². The van der Waals surface area contributed by atoms with Crippen LogP contribution < -0.4 is 10.5 Å². The normalized spacial score (nSPS) is 11.7. The van der Waals surface area contributed by atoms with Crippen LogP contribution in [0.1, 0.15) is 0 Å². The van der Waals surface area contributed by atoms with Gasteiger partial charge in [0.05, 0.1) is 10.4 Å². The molecule has 6 nitrogen and oxygen atoms in total. The van der Waals surface area contributed by atoms with E-state index < -0.39 is 15.8 Å². The molecule has 0 unspecified atom stereocenters. The van der Waals surface area contributed by atoms with Crippen LogP contribution in [-0.2, 0) is 10.0 Å². The second kappa shape index (κ2) is 5.05. The highest BCUT2D eigenvalue weighted by atomic mass is 79.9. The zero-order chi connectivity index (χ0) is 15.0. The van der Waals surface area contributed by atoms with Gasteiger partial charge in [-0.25, -0.2) is 13.2 Å². The molecule has 0 saturated carbocycles. The minimum Gasteiger partial charge on any atom is -0.408 e. The number of benzene rings is 2. The molecular formula is C13H9BrN2O4S. The lowest BCUT2D eigenvalue weighted by molar-refractivity contribution is 0.554. The maximum atomic E-state index is 12.3. The number of H-pyrrole nitrogens is 1. The first-order valence-electron chi connectivity index (χ1n) is 5.85. The lowest BCUT2D eigenvalue weighted by Gasteiger charge is -2.07. The molecule has 3 rings (SSSR count). The Bertz CT molecular complexity index is 958. The summed E-state index contributed by atoms with van der Waals surface area (Å²) in [5, 5.41) is 0. The average molecular weight is 369 g/mol. The minimum absolute atomic E-state index is 0.0145. The van der Waals surface area contributed by atoms with Crippen LogP contribution in [0.25, 0.3) is 11.1 Å². The van der Waals surface area contributed by atoms with E-state index in [9.17, 15) is 13.2 Å². The van der Waals surface area contributed by atoms with Crippen LogP contribution in [0.2, 0.25) is 0 Å². The zero-order valence-corrected chi connectivity index (χ0v) is 12.9. The van der Waals surface area contributed by atoms with Crippen LogP contribution in [0, 0.1) is 0 Å². The Hall–Kier alpha value is -2.06. The van der Waals surface area contributed by atoms with Gasteiger partial charge in [-0.3, -0.25) is 9.71 Å². The third kappa shape index (κ3) is 2.86. The number of hydrogen-bond acceptors (Lipinski definition) is 4. The number of rotatable bonds is 3. The number of aromatic amines is 1. The van der Waals surface area contributed by atoms with Crippen molar-refractivity contribution in [3.05, 3.63) is 57.5 Å². The van der Waals surface area contributed by atoms with Gasteiger partial charge in [-0.05, 0) is 36.4 Å².